The Morgan fingerprint density at radius 1 is 1.36 bits per heavy atom. The molecule has 0 spiro atoms. The third kappa shape index (κ3) is 2.44. The normalized spacial score (nSPS) is 23.4. The highest BCUT2D eigenvalue weighted by molar-refractivity contribution is 5.74. The summed E-state index contributed by atoms with van der Waals surface area (Å²) in [4.78, 5) is 14.5. The van der Waals surface area contributed by atoms with E-state index in [2.05, 4.69) is 10.4 Å². The van der Waals surface area contributed by atoms with Crippen LogP contribution in [0.3, 0.4) is 0 Å². The van der Waals surface area contributed by atoms with Gasteiger partial charge in [0, 0.05) is 25.7 Å². The minimum atomic E-state index is 0.0696. The van der Waals surface area contributed by atoms with Gasteiger partial charge in [-0.25, -0.2) is 4.79 Å². The number of amides is 2. The number of aryl methyl sites for hydroxylation is 1. The van der Waals surface area contributed by atoms with Crippen LogP contribution in [0.25, 0.3) is 0 Å². The number of aromatic nitrogens is 2. The first-order valence-corrected chi connectivity index (χ1v) is 8.51. The molecule has 1 aliphatic heterocycles. The molecule has 2 amide bonds. The Bertz CT molecular complexity index is 573. The van der Waals surface area contributed by atoms with Crippen molar-refractivity contribution in [1.82, 2.24) is 20.0 Å². The summed E-state index contributed by atoms with van der Waals surface area (Å²) in [7, 11) is 0. The predicted octanol–water partition coefficient (Wildman–Crippen LogP) is 1.96. The lowest BCUT2D eigenvalue weighted by molar-refractivity contribution is 0.0976. The number of urea groups is 1. The monoisotopic (exact) mass is 303 g/mol. The number of hydrogen-bond donors (Lipinski definition) is 2. The molecular formula is C16H25N5O. The number of fused-ring (bicyclic) bond motifs is 1. The number of hydrogen-bond acceptors (Lipinski definition) is 3. The van der Waals surface area contributed by atoms with E-state index in [1.807, 2.05) is 15.6 Å². The third-order valence-electron chi connectivity index (χ3n) is 5.70. The molecule has 1 aromatic rings. The summed E-state index contributed by atoms with van der Waals surface area (Å²) in [6, 6.07) is 1.95. The van der Waals surface area contributed by atoms with E-state index in [0.29, 0.717) is 17.8 Å². The van der Waals surface area contributed by atoms with Gasteiger partial charge in [0.05, 0.1) is 12.2 Å². The van der Waals surface area contributed by atoms with Crippen molar-refractivity contribution in [1.29, 1.82) is 0 Å². The van der Waals surface area contributed by atoms with Crippen molar-refractivity contribution in [3.05, 3.63) is 11.8 Å². The summed E-state index contributed by atoms with van der Waals surface area (Å²) in [5.74, 6) is 1.41. The summed E-state index contributed by atoms with van der Waals surface area (Å²) in [6.45, 7) is 3.08. The summed E-state index contributed by atoms with van der Waals surface area (Å²) >= 11 is 0. The molecule has 0 aromatic carbocycles. The Hall–Kier alpha value is -1.72. The third-order valence-corrected chi connectivity index (χ3v) is 5.70. The number of nitrogen functional groups attached to an aromatic ring is 1. The number of carbonyl (C=O) groups excluding carboxylic acids is 1. The van der Waals surface area contributed by atoms with E-state index < -0.39 is 0 Å². The lowest BCUT2D eigenvalue weighted by atomic mass is 9.65. The quantitative estimate of drug-likeness (QED) is 0.896. The van der Waals surface area contributed by atoms with Crippen LogP contribution in [-0.4, -0.2) is 33.8 Å². The molecule has 2 saturated carbocycles. The molecule has 0 atom stereocenters. The summed E-state index contributed by atoms with van der Waals surface area (Å²) in [5.41, 5.74) is 7.22. The highest BCUT2D eigenvalue weighted by Crippen LogP contribution is 2.56. The van der Waals surface area contributed by atoms with Gasteiger partial charge in [-0.1, -0.05) is 6.42 Å². The van der Waals surface area contributed by atoms with Crippen LogP contribution in [-0.2, 0) is 13.1 Å². The van der Waals surface area contributed by atoms with Crippen LogP contribution in [0.15, 0.2) is 6.07 Å². The van der Waals surface area contributed by atoms with Crippen molar-refractivity contribution in [2.75, 3.05) is 18.8 Å². The number of nitrogens with one attached hydrogen (secondary N) is 1. The van der Waals surface area contributed by atoms with Crippen LogP contribution < -0.4 is 11.1 Å². The molecule has 3 N–H and O–H groups in total. The van der Waals surface area contributed by atoms with E-state index in [9.17, 15) is 4.79 Å². The maximum atomic E-state index is 12.6. The largest absolute Gasteiger partial charge is 0.382 e. The molecule has 2 heterocycles. The molecular weight excluding hydrogens is 278 g/mol. The van der Waals surface area contributed by atoms with Crippen molar-refractivity contribution >= 4 is 11.8 Å². The first-order chi connectivity index (χ1) is 10.7. The summed E-state index contributed by atoms with van der Waals surface area (Å²) < 4.78 is 1.93. The van der Waals surface area contributed by atoms with Crippen molar-refractivity contribution < 1.29 is 4.79 Å². The average Bonchev–Trinajstić information content (AvgIpc) is 3.24. The Morgan fingerprint density at radius 3 is 2.86 bits per heavy atom. The fourth-order valence-corrected chi connectivity index (χ4v) is 4.08. The molecule has 120 valence electrons. The second-order valence-corrected chi connectivity index (χ2v) is 7.21. The molecule has 0 saturated heterocycles. The van der Waals surface area contributed by atoms with Gasteiger partial charge in [-0.2, -0.15) is 5.10 Å². The second kappa shape index (κ2) is 5.18. The number of anilines is 1. The van der Waals surface area contributed by atoms with Gasteiger partial charge in [-0.05, 0) is 43.4 Å². The van der Waals surface area contributed by atoms with E-state index in [0.717, 1.165) is 37.7 Å². The molecule has 2 fully saturated rings. The Labute approximate surface area is 131 Å². The minimum Gasteiger partial charge on any atom is -0.382 e. The Kier molecular flexibility index (Phi) is 3.27. The van der Waals surface area contributed by atoms with Crippen LogP contribution in [0.2, 0.25) is 0 Å². The predicted molar refractivity (Wildman–Crippen MR) is 84.1 cm³/mol. The van der Waals surface area contributed by atoms with Gasteiger partial charge >= 0.3 is 6.03 Å². The van der Waals surface area contributed by atoms with Crippen LogP contribution in [0, 0.1) is 11.3 Å². The molecule has 0 radical (unpaired) electrons. The number of nitrogens with two attached hydrogens (primary N) is 1. The lowest BCUT2D eigenvalue weighted by Crippen LogP contribution is -2.48. The zero-order valence-electron chi connectivity index (χ0n) is 13.1. The molecule has 0 unspecified atom stereocenters. The van der Waals surface area contributed by atoms with E-state index in [1.165, 1.54) is 32.1 Å². The Morgan fingerprint density at radius 2 is 2.18 bits per heavy atom. The highest BCUT2D eigenvalue weighted by atomic mass is 16.2. The van der Waals surface area contributed by atoms with Crippen LogP contribution in [0.4, 0.5) is 10.6 Å². The minimum absolute atomic E-state index is 0.0696. The molecule has 1 aromatic heterocycles. The SMILES string of the molecule is Nc1cc2n(n1)CCCN(C(=O)NCC1(C3CC3)CCC1)C2. The maximum Gasteiger partial charge on any atom is 0.317 e. The zero-order valence-corrected chi connectivity index (χ0v) is 13.1. The topological polar surface area (TPSA) is 76.2 Å². The van der Waals surface area contributed by atoms with Gasteiger partial charge in [0.2, 0.25) is 0 Å². The van der Waals surface area contributed by atoms with Crippen LogP contribution in [0.1, 0.15) is 44.2 Å². The number of carbonyl (C=O) groups is 1. The molecule has 6 nitrogen and oxygen atoms in total. The average molecular weight is 303 g/mol. The fourth-order valence-electron chi connectivity index (χ4n) is 4.08. The van der Waals surface area contributed by atoms with E-state index in [1.54, 1.807) is 0 Å². The van der Waals surface area contributed by atoms with Crippen molar-refractivity contribution in [2.24, 2.45) is 11.3 Å². The van der Waals surface area contributed by atoms with Crippen LogP contribution in [0.5, 0.6) is 0 Å². The van der Waals surface area contributed by atoms with Gasteiger partial charge in [0.1, 0.15) is 5.82 Å². The van der Waals surface area contributed by atoms with Crippen LogP contribution >= 0.6 is 0 Å². The van der Waals surface area contributed by atoms with Gasteiger partial charge in [-0.15, -0.1) is 0 Å². The van der Waals surface area contributed by atoms with Gasteiger partial charge in [0.25, 0.3) is 0 Å². The van der Waals surface area contributed by atoms with Crippen molar-refractivity contribution in [3.8, 4) is 0 Å². The second-order valence-electron chi connectivity index (χ2n) is 7.21. The summed E-state index contributed by atoms with van der Waals surface area (Å²) in [6.07, 6.45) is 7.56. The van der Waals surface area contributed by atoms with Crippen molar-refractivity contribution in [2.45, 2.75) is 51.6 Å². The standard InChI is InChI=1S/C16H25N5O/c17-14-9-13-10-20(7-2-8-21(13)19-14)15(22)18-11-16(5-1-6-16)12-3-4-12/h9,12H,1-8,10-11H2,(H2,17,19)(H,18,22). The molecule has 22 heavy (non-hydrogen) atoms. The molecule has 2 aliphatic carbocycles. The van der Waals surface area contributed by atoms with E-state index in [4.69, 9.17) is 5.73 Å². The molecule has 4 rings (SSSR count). The smallest absolute Gasteiger partial charge is 0.317 e. The van der Waals surface area contributed by atoms with E-state index in [-0.39, 0.29) is 6.03 Å². The van der Waals surface area contributed by atoms with Crippen molar-refractivity contribution in [3.63, 3.8) is 0 Å². The summed E-state index contributed by atoms with van der Waals surface area (Å²) in [5, 5.41) is 7.49. The Balaban J connectivity index is 1.38. The molecule has 0 bridgehead atoms. The highest BCUT2D eigenvalue weighted by Gasteiger charge is 2.49. The van der Waals surface area contributed by atoms with Gasteiger partial charge in [0.15, 0.2) is 0 Å². The molecule has 3 aliphatic rings. The van der Waals surface area contributed by atoms with Gasteiger partial charge < -0.3 is 16.0 Å². The van der Waals surface area contributed by atoms with E-state index >= 15 is 0 Å². The zero-order chi connectivity index (χ0) is 15.2. The number of rotatable bonds is 3. The first kappa shape index (κ1) is 13.9. The lowest BCUT2D eigenvalue weighted by Gasteiger charge is -2.43. The number of nitrogens with zero attached hydrogens (tertiary/aromatic N) is 3. The maximum absolute atomic E-state index is 12.6. The molecule has 6 heteroatoms. The fraction of sp³-hybridized carbons (Fsp3) is 0.750. The first-order valence-electron chi connectivity index (χ1n) is 8.51. The van der Waals surface area contributed by atoms with Gasteiger partial charge in [-0.3, -0.25) is 4.68 Å².